The van der Waals surface area contributed by atoms with Crippen molar-refractivity contribution in [2.45, 2.75) is 6.10 Å². The maximum atomic E-state index is 12.7. The predicted molar refractivity (Wildman–Crippen MR) is 96.2 cm³/mol. The van der Waals surface area contributed by atoms with Gasteiger partial charge < -0.3 is 9.47 Å². The number of ether oxygens (including phenoxy) is 2. The molecule has 6 nitrogen and oxygen atoms in total. The van der Waals surface area contributed by atoms with E-state index in [0.29, 0.717) is 10.4 Å². The number of hydrogen-bond donors (Lipinski definition) is 0. The Balaban J connectivity index is 1.99. The quantitative estimate of drug-likeness (QED) is 0.626. The third-order valence-electron chi connectivity index (χ3n) is 3.65. The number of nitrogens with zero attached hydrogens (tertiary/aromatic N) is 2. The van der Waals surface area contributed by atoms with Crippen molar-refractivity contribution in [1.82, 2.24) is 9.97 Å². The van der Waals surface area contributed by atoms with E-state index >= 15 is 0 Å². The summed E-state index contributed by atoms with van der Waals surface area (Å²) in [5.41, 5.74) is 0.296. The van der Waals surface area contributed by atoms with E-state index in [0.717, 1.165) is 5.39 Å². The number of benzene rings is 1. The van der Waals surface area contributed by atoms with Crippen LogP contribution in [-0.4, -0.2) is 29.0 Å². The molecule has 0 amide bonds. The predicted octanol–water partition coefficient (Wildman–Crippen LogP) is 4.01. The number of esters is 2. The number of hydrogen-bond acceptors (Lipinski definition) is 6. The molecule has 132 valence electrons. The molecule has 0 fully saturated rings. The van der Waals surface area contributed by atoms with Gasteiger partial charge in [0.15, 0.2) is 5.69 Å². The Bertz CT molecular complexity index is 989. The molecule has 0 N–H and O–H groups in total. The van der Waals surface area contributed by atoms with Gasteiger partial charge in [0.25, 0.3) is 0 Å². The standard InChI is InChI=1S/C18H12Cl2N2O4/c1-25-18(24)16(12-3-2-11(19)8-14(12)20)26-17(23)15-13-9-21-6-4-10(13)5-7-22-15/h2-9,16H,1H3. The number of aromatic nitrogens is 2. The Labute approximate surface area is 158 Å². The van der Waals surface area contributed by atoms with Crippen LogP contribution < -0.4 is 0 Å². The molecule has 2 aromatic heterocycles. The zero-order valence-corrected chi connectivity index (χ0v) is 15.0. The van der Waals surface area contributed by atoms with Crippen LogP contribution in [0.15, 0.2) is 48.9 Å². The van der Waals surface area contributed by atoms with Gasteiger partial charge in [-0.2, -0.15) is 0 Å². The molecule has 0 radical (unpaired) electrons. The molecule has 0 aliphatic rings. The summed E-state index contributed by atoms with van der Waals surface area (Å²) in [6.07, 6.45) is 3.22. The van der Waals surface area contributed by atoms with Gasteiger partial charge in [-0.15, -0.1) is 0 Å². The van der Waals surface area contributed by atoms with Gasteiger partial charge in [0.05, 0.1) is 7.11 Å². The largest absolute Gasteiger partial charge is 0.466 e. The lowest BCUT2D eigenvalue weighted by atomic mass is 10.1. The second-order valence-corrected chi connectivity index (χ2v) is 6.07. The van der Waals surface area contributed by atoms with Crippen molar-refractivity contribution in [1.29, 1.82) is 0 Å². The normalized spacial score (nSPS) is 11.8. The van der Waals surface area contributed by atoms with E-state index in [1.807, 2.05) is 0 Å². The van der Waals surface area contributed by atoms with Gasteiger partial charge in [0, 0.05) is 39.6 Å². The Morgan fingerprint density at radius 2 is 1.88 bits per heavy atom. The minimum Gasteiger partial charge on any atom is -0.466 e. The zero-order chi connectivity index (χ0) is 18.7. The lowest BCUT2D eigenvalue weighted by molar-refractivity contribution is -0.151. The summed E-state index contributed by atoms with van der Waals surface area (Å²) in [7, 11) is 1.19. The van der Waals surface area contributed by atoms with E-state index in [4.69, 9.17) is 32.7 Å². The number of carbonyl (C=O) groups excluding carboxylic acids is 2. The first kappa shape index (κ1) is 18.1. The van der Waals surface area contributed by atoms with Crippen molar-refractivity contribution in [2.24, 2.45) is 0 Å². The second kappa shape index (κ2) is 7.68. The fourth-order valence-electron chi connectivity index (χ4n) is 2.40. The van der Waals surface area contributed by atoms with E-state index in [2.05, 4.69) is 9.97 Å². The molecule has 0 aliphatic carbocycles. The molecule has 1 atom stereocenters. The van der Waals surface area contributed by atoms with E-state index in [-0.39, 0.29) is 16.3 Å². The highest BCUT2D eigenvalue weighted by Gasteiger charge is 2.29. The maximum Gasteiger partial charge on any atom is 0.358 e. The molecule has 0 saturated heterocycles. The summed E-state index contributed by atoms with van der Waals surface area (Å²) in [6, 6.07) is 7.95. The van der Waals surface area contributed by atoms with Crippen LogP contribution in [0.1, 0.15) is 22.2 Å². The zero-order valence-electron chi connectivity index (χ0n) is 13.5. The highest BCUT2D eigenvalue weighted by Crippen LogP contribution is 2.30. The molecule has 0 aliphatic heterocycles. The lowest BCUT2D eigenvalue weighted by Gasteiger charge is -2.17. The molecule has 8 heteroatoms. The van der Waals surface area contributed by atoms with Gasteiger partial charge in [0.2, 0.25) is 6.10 Å². The van der Waals surface area contributed by atoms with Crippen LogP contribution in [0.5, 0.6) is 0 Å². The van der Waals surface area contributed by atoms with Gasteiger partial charge >= 0.3 is 11.9 Å². The van der Waals surface area contributed by atoms with Gasteiger partial charge in [0.1, 0.15) is 0 Å². The fourth-order valence-corrected chi connectivity index (χ4v) is 2.90. The van der Waals surface area contributed by atoms with Gasteiger partial charge in [-0.05, 0) is 29.7 Å². The Morgan fingerprint density at radius 3 is 2.62 bits per heavy atom. The number of methoxy groups -OCH3 is 1. The number of pyridine rings is 2. The topological polar surface area (TPSA) is 78.4 Å². The summed E-state index contributed by atoms with van der Waals surface area (Å²) in [5.74, 6) is -1.58. The minimum atomic E-state index is -1.36. The van der Waals surface area contributed by atoms with Crippen LogP contribution in [0.3, 0.4) is 0 Å². The van der Waals surface area contributed by atoms with Crippen LogP contribution >= 0.6 is 23.2 Å². The Morgan fingerprint density at radius 1 is 1.12 bits per heavy atom. The highest BCUT2D eigenvalue weighted by molar-refractivity contribution is 6.35. The monoisotopic (exact) mass is 390 g/mol. The van der Waals surface area contributed by atoms with Crippen LogP contribution in [0.25, 0.3) is 10.8 Å². The third kappa shape index (κ3) is 3.61. The highest BCUT2D eigenvalue weighted by atomic mass is 35.5. The molecule has 3 rings (SSSR count). The molecule has 0 spiro atoms. The smallest absolute Gasteiger partial charge is 0.358 e. The van der Waals surface area contributed by atoms with E-state index < -0.39 is 18.0 Å². The molecule has 3 aromatic rings. The van der Waals surface area contributed by atoms with Crippen molar-refractivity contribution in [3.05, 3.63) is 70.2 Å². The Hall–Kier alpha value is -2.70. The molecule has 0 saturated carbocycles. The summed E-state index contributed by atoms with van der Waals surface area (Å²) >= 11 is 12.0. The number of halogens is 2. The molecule has 1 aromatic carbocycles. The van der Waals surface area contributed by atoms with Crippen molar-refractivity contribution in [3.8, 4) is 0 Å². The molecular formula is C18H12Cl2N2O4. The maximum absolute atomic E-state index is 12.7. The average molecular weight is 391 g/mol. The lowest BCUT2D eigenvalue weighted by Crippen LogP contribution is -2.22. The average Bonchev–Trinajstić information content (AvgIpc) is 2.65. The van der Waals surface area contributed by atoms with Crippen LogP contribution in [0.2, 0.25) is 10.0 Å². The minimum absolute atomic E-state index is 0.0367. The van der Waals surface area contributed by atoms with Crippen molar-refractivity contribution in [2.75, 3.05) is 7.11 Å². The van der Waals surface area contributed by atoms with E-state index in [1.165, 1.54) is 37.7 Å². The first-order valence-electron chi connectivity index (χ1n) is 7.43. The first-order chi connectivity index (χ1) is 12.5. The third-order valence-corrected chi connectivity index (χ3v) is 4.21. The molecule has 1 unspecified atom stereocenters. The van der Waals surface area contributed by atoms with E-state index in [9.17, 15) is 9.59 Å². The summed E-state index contributed by atoms with van der Waals surface area (Å²) < 4.78 is 10.1. The number of fused-ring (bicyclic) bond motifs is 1. The molecular weight excluding hydrogens is 379 g/mol. The van der Waals surface area contributed by atoms with Gasteiger partial charge in [-0.1, -0.05) is 29.3 Å². The van der Waals surface area contributed by atoms with Crippen molar-refractivity contribution < 1.29 is 19.1 Å². The van der Waals surface area contributed by atoms with Crippen LogP contribution in [-0.2, 0) is 14.3 Å². The van der Waals surface area contributed by atoms with Gasteiger partial charge in [-0.3, -0.25) is 4.98 Å². The summed E-state index contributed by atoms with van der Waals surface area (Å²) in [4.78, 5) is 32.9. The second-order valence-electron chi connectivity index (χ2n) is 5.23. The van der Waals surface area contributed by atoms with Crippen molar-refractivity contribution in [3.63, 3.8) is 0 Å². The number of carbonyl (C=O) groups is 2. The SMILES string of the molecule is COC(=O)C(OC(=O)c1nccc2ccncc12)c1ccc(Cl)cc1Cl. The fraction of sp³-hybridized carbons (Fsp3) is 0.111. The summed E-state index contributed by atoms with van der Waals surface area (Å²) in [5, 5.41) is 1.83. The van der Waals surface area contributed by atoms with Crippen LogP contribution in [0, 0.1) is 0 Å². The molecule has 0 bridgehead atoms. The Kier molecular flexibility index (Phi) is 5.35. The number of rotatable bonds is 4. The van der Waals surface area contributed by atoms with Crippen molar-refractivity contribution >= 4 is 45.9 Å². The van der Waals surface area contributed by atoms with E-state index in [1.54, 1.807) is 18.3 Å². The van der Waals surface area contributed by atoms with Gasteiger partial charge in [-0.25, -0.2) is 14.6 Å². The molecule has 26 heavy (non-hydrogen) atoms. The first-order valence-corrected chi connectivity index (χ1v) is 8.19. The van der Waals surface area contributed by atoms with Crippen LogP contribution in [0.4, 0.5) is 0 Å². The summed E-state index contributed by atoms with van der Waals surface area (Å²) in [6.45, 7) is 0. The molecule has 2 heterocycles.